The number of oxazole rings is 1. The number of hydrogen-bond donors (Lipinski definition) is 0. The van der Waals surface area contributed by atoms with Crippen molar-refractivity contribution in [2.45, 2.75) is 19.4 Å². The molecule has 34 heavy (non-hydrogen) atoms. The fraction of sp³-hybridized carbons (Fsp3) is 0.280. The summed E-state index contributed by atoms with van der Waals surface area (Å²) >= 11 is 0. The number of hydrogen-bond acceptors (Lipinski definition) is 6. The van der Waals surface area contributed by atoms with Gasteiger partial charge in [-0.25, -0.2) is 9.37 Å². The van der Waals surface area contributed by atoms with Crippen molar-refractivity contribution in [3.8, 4) is 17.0 Å². The summed E-state index contributed by atoms with van der Waals surface area (Å²) < 4.78 is 19.2. The van der Waals surface area contributed by atoms with E-state index in [1.165, 1.54) is 16.9 Å². The number of amides is 1. The first-order valence-corrected chi connectivity index (χ1v) is 11.3. The topological polar surface area (TPSA) is 80.3 Å². The van der Waals surface area contributed by atoms with Crippen LogP contribution in [0, 0.1) is 18.7 Å². The number of carbonyl (C=O) groups excluding carboxylic acids is 1. The molecular formula is C25H23FN6O2. The summed E-state index contributed by atoms with van der Waals surface area (Å²) in [6.45, 7) is 4.12. The first-order valence-electron chi connectivity index (χ1n) is 11.3. The monoisotopic (exact) mass is 458 g/mol. The molecule has 2 aliphatic heterocycles. The minimum absolute atomic E-state index is 0.0271. The Kier molecular flexibility index (Phi) is 4.90. The maximum absolute atomic E-state index is 13.6. The van der Waals surface area contributed by atoms with Gasteiger partial charge in [0.2, 0.25) is 0 Å². The number of likely N-dealkylation sites (tertiary alicyclic amines) is 1. The molecule has 2 aromatic heterocycles. The van der Waals surface area contributed by atoms with Crippen molar-refractivity contribution >= 4 is 11.9 Å². The van der Waals surface area contributed by atoms with E-state index in [2.05, 4.69) is 20.1 Å². The second kappa shape index (κ2) is 8.09. The second-order valence-corrected chi connectivity index (χ2v) is 8.87. The molecule has 0 unspecified atom stereocenters. The molecule has 2 atom stereocenters. The summed E-state index contributed by atoms with van der Waals surface area (Å²) in [4.78, 5) is 23.5. The third-order valence-electron chi connectivity index (χ3n) is 6.72. The van der Waals surface area contributed by atoms with E-state index in [-0.39, 0.29) is 17.8 Å². The number of benzene rings is 2. The lowest BCUT2D eigenvalue weighted by atomic mass is 9.82. The Bertz CT molecular complexity index is 1330. The number of anilines is 1. The van der Waals surface area contributed by atoms with Crippen LogP contribution in [-0.2, 0) is 0 Å². The van der Waals surface area contributed by atoms with Gasteiger partial charge in [-0.05, 0) is 49.7 Å². The van der Waals surface area contributed by atoms with E-state index in [0.717, 1.165) is 24.1 Å². The fourth-order valence-electron chi connectivity index (χ4n) is 4.85. The number of aryl methyl sites for hydroxylation is 1. The Morgan fingerprint density at radius 1 is 1.09 bits per heavy atom. The molecule has 4 aromatic rings. The number of aromatic nitrogens is 4. The number of piperidine rings is 1. The molecule has 0 spiro atoms. The maximum Gasteiger partial charge on any atom is 0.298 e. The Morgan fingerprint density at radius 2 is 1.88 bits per heavy atom. The summed E-state index contributed by atoms with van der Waals surface area (Å²) in [5, 5.41) is 8.42. The summed E-state index contributed by atoms with van der Waals surface area (Å²) in [5.74, 6) is 0.773. The van der Waals surface area contributed by atoms with Crippen molar-refractivity contribution in [2.24, 2.45) is 5.92 Å². The minimum Gasteiger partial charge on any atom is -0.423 e. The van der Waals surface area contributed by atoms with Gasteiger partial charge in [-0.15, -0.1) is 0 Å². The van der Waals surface area contributed by atoms with E-state index in [9.17, 15) is 9.18 Å². The third kappa shape index (κ3) is 3.53. The van der Waals surface area contributed by atoms with Crippen LogP contribution in [0.1, 0.15) is 22.3 Å². The number of rotatable bonds is 4. The Hall–Kier alpha value is -4.01. The van der Waals surface area contributed by atoms with Crippen LogP contribution in [0.3, 0.4) is 0 Å². The van der Waals surface area contributed by atoms with E-state index >= 15 is 0 Å². The average molecular weight is 458 g/mol. The van der Waals surface area contributed by atoms with Crippen LogP contribution in [0.5, 0.6) is 0 Å². The van der Waals surface area contributed by atoms with Crippen LogP contribution in [0.2, 0.25) is 0 Å². The molecule has 2 aliphatic rings. The second-order valence-electron chi connectivity index (χ2n) is 8.87. The number of carbonyl (C=O) groups is 1. The smallest absolute Gasteiger partial charge is 0.298 e. The summed E-state index contributed by atoms with van der Waals surface area (Å²) in [6.07, 6.45) is 5.79. The van der Waals surface area contributed by atoms with Gasteiger partial charge in [-0.2, -0.15) is 15.0 Å². The van der Waals surface area contributed by atoms with Gasteiger partial charge in [0.1, 0.15) is 5.82 Å². The van der Waals surface area contributed by atoms with Crippen LogP contribution in [0.4, 0.5) is 10.4 Å². The highest BCUT2D eigenvalue weighted by atomic mass is 19.1. The molecule has 0 radical (unpaired) electrons. The molecule has 1 amide bonds. The molecule has 0 aliphatic carbocycles. The molecule has 4 heterocycles. The molecule has 6 rings (SSSR count). The maximum atomic E-state index is 13.6. The van der Waals surface area contributed by atoms with Gasteiger partial charge in [0, 0.05) is 31.1 Å². The third-order valence-corrected chi connectivity index (χ3v) is 6.72. The lowest BCUT2D eigenvalue weighted by Gasteiger charge is -2.52. The highest BCUT2D eigenvalue weighted by molar-refractivity contribution is 5.98. The molecule has 0 N–H and O–H groups in total. The predicted molar refractivity (Wildman–Crippen MR) is 123 cm³/mol. The van der Waals surface area contributed by atoms with Crippen LogP contribution in [0.25, 0.3) is 17.0 Å². The normalized spacial score (nSPS) is 19.6. The van der Waals surface area contributed by atoms with Gasteiger partial charge < -0.3 is 14.2 Å². The van der Waals surface area contributed by atoms with E-state index in [0.29, 0.717) is 42.0 Å². The molecule has 0 saturated carbocycles. The number of halogens is 1. The van der Waals surface area contributed by atoms with Crippen molar-refractivity contribution in [1.29, 1.82) is 0 Å². The largest absolute Gasteiger partial charge is 0.423 e. The van der Waals surface area contributed by atoms with Crippen LogP contribution >= 0.6 is 0 Å². The van der Waals surface area contributed by atoms with E-state index < -0.39 is 0 Å². The van der Waals surface area contributed by atoms with Gasteiger partial charge >= 0.3 is 0 Å². The van der Waals surface area contributed by atoms with Gasteiger partial charge in [-0.1, -0.05) is 11.6 Å². The zero-order chi connectivity index (χ0) is 23.2. The lowest BCUT2D eigenvalue weighted by Crippen LogP contribution is -2.65. The zero-order valence-electron chi connectivity index (χ0n) is 18.6. The highest BCUT2D eigenvalue weighted by Crippen LogP contribution is 2.38. The molecule has 2 saturated heterocycles. The summed E-state index contributed by atoms with van der Waals surface area (Å²) in [7, 11) is 0. The first kappa shape index (κ1) is 20.6. The van der Waals surface area contributed by atoms with Crippen molar-refractivity contribution in [3.63, 3.8) is 0 Å². The predicted octanol–water partition coefficient (Wildman–Crippen LogP) is 3.72. The lowest BCUT2D eigenvalue weighted by molar-refractivity contribution is 0.0582. The standard InChI is InChI=1S/C25H23FN6O2/c1-16-2-7-21(32-28-9-10-29-32)20(12-16)24(33)30-11-8-18-14-31(22(18)15-30)25-27-13-23(34-25)17-3-5-19(26)6-4-17/h2-7,9-10,12-13,18,22H,8,11,14-15H2,1H3/t18-,22-/m0/s1. The highest BCUT2D eigenvalue weighted by Gasteiger charge is 2.45. The molecule has 172 valence electrons. The fourth-order valence-corrected chi connectivity index (χ4v) is 4.85. The van der Waals surface area contributed by atoms with E-state index in [4.69, 9.17) is 4.42 Å². The zero-order valence-corrected chi connectivity index (χ0v) is 18.6. The minimum atomic E-state index is -0.291. The first-order chi connectivity index (χ1) is 16.6. The van der Waals surface area contributed by atoms with Crippen molar-refractivity contribution in [3.05, 3.63) is 78.0 Å². The summed E-state index contributed by atoms with van der Waals surface area (Å²) in [6, 6.07) is 12.6. The molecule has 8 nitrogen and oxygen atoms in total. The SMILES string of the molecule is Cc1ccc(-n2nccn2)c(C(=O)N2CC[C@H]3CN(c4ncc(-c5ccc(F)cc5)o4)[C@H]3C2)c1. The van der Waals surface area contributed by atoms with E-state index in [1.54, 1.807) is 30.7 Å². The molecule has 0 bridgehead atoms. The van der Waals surface area contributed by atoms with Crippen LogP contribution < -0.4 is 4.90 Å². The molecule has 2 fully saturated rings. The Balaban J connectivity index is 1.21. The van der Waals surface area contributed by atoms with Crippen molar-refractivity contribution in [2.75, 3.05) is 24.5 Å². The number of nitrogens with zero attached hydrogens (tertiary/aromatic N) is 6. The quantitative estimate of drug-likeness (QED) is 0.464. The molecule has 9 heteroatoms. The van der Waals surface area contributed by atoms with Gasteiger partial charge in [0.05, 0.1) is 35.9 Å². The number of fused-ring (bicyclic) bond motifs is 1. The Morgan fingerprint density at radius 3 is 2.68 bits per heavy atom. The van der Waals surface area contributed by atoms with Crippen molar-refractivity contribution < 1.29 is 13.6 Å². The van der Waals surface area contributed by atoms with Gasteiger partial charge in [0.15, 0.2) is 5.76 Å². The average Bonchev–Trinajstić information content (AvgIpc) is 3.53. The summed E-state index contributed by atoms with van der Waals surface area (Å²) in [5.41, 5.74) is 3.05. The van der Waals surface area contributed by atoms with Gasteiger partial charge in [-0.3, -0.25) is 4.79 Å². The molecule has 2 aromatic carbocycles. The Labute approximate surface area is 195 Å². The van der Waals surface area contributed by atoms with Crippen LogP contribution in [-0.4, -0.2) is 56.5 Å². The van der Waals surface area contributed by atoms with Crippen LogP contribution in [0.15, 0.2) is 65.5 Å². The molecular weight excluding hydrogens is 435 g/mol. The van der Waals surface area contributed by atoms with E-state index in [1.807, 2.05) is 30.0 Å². The van der Waals surface area contributed by atoms with Crippen molar-refractivity contribution in [1.82, 2.24) is 24.9 Å². The van der Waals surface area contributed by atoms with Gasteiger partial charge in [0.25, 0.3) is 11.9 Å².